The molecule has 4 heteroatoms. The summed E-state index contributed by atoms with van der Waals surface area (Å²) in [5.41, 5.74) is 1.70. The van der Waals surface area contributed by atoms with E-state index in [0.29, 0.717) is 0 Å². The van der Waals surface area contributed by atoms with E-state index >= 15 is 0 Å². The minimum Gasteiger partial charge on any atom is -0.497 e. The summed E-state index contributed by atoms with van der Waals surface area (Å²) >= 11 is 0. The minimum atomic E-state index is -0.184. The second-order valence-corrected chi connectivity index (χ2v) is 3.27. The lowest BCUT2D eigenvalue weighted by molar-refractivity contribution is -0.116. The number of anilines is 2. The standard InChI is InChI=1S/C10H12N2O2/c1-6-10(13)12-9-5-7(14-2)3-4-8(9)11-6/h3-6,11H,1-2H3,(H,12,13)/t6-/m0/s1. The number of hydrogen-bond acceptors (Lipinski definition) is 3. The topological polar surface area (TPSA) is 50.4 Å². The lowest BCUT2D eigenvalue weighted by Gasteiger charge is -2.24. The summed E-state index contributed by atoms with van der Waals surface area (Å²) in [4.78, 5) is 11.3. The molecule has 0 aromatic heterocycles. The first-order valence-electron chi connectivity index (χ1n) is 4.46. The second kappa shape index (κ2) is 3.21. The monoisotopic (exact) mass is 192 g/mol. The van der Waals surface area contributed by atoms with Crippen molar-refractivity contribution in [1.29, 1.82) is 0 Å². The third-order valence-corrected chi connectivity index (χ3v) is 2.25. The van der Waals surface area contributed by atoms with Gasteiger partial charge in [0, 0.05) is 6.07 Å². The molecule has 4 nitrogen and oxygen atoms in total. The highest BCUT2D eigenvalue weighted by Crippen LogP contribution is 2.30. The van der Waals surface area contributed by atoms with Crippen LogP contribution in [0.5, 0.6) is 5.75 Å². The molecule has 1 heterocycles. The molecule has 0 saturated carbocycles. The Morgan fingerprint density at radius 1 is 1.36 bits per heavy atom. The first-order chi connectivity index (χ1) is 6.70. The molecular formula is C10H12N2O2. The fourth-order valence-electron chi connectivity index (χ4n) is 1.42. The maximum absolute atomic E-state index is 11.3. The molecule has 0 fully saturated rings. The highest BCUT2D eigenvalue weighted by molar-refractivity contribution is 6.02. The average Bonchev–Trinajstić information content (AvgIpc) is 2.19. The van der Waals surface area contributed by atoms with Crippen LogP contribution in [-0.4, -0.2) is 19.1 Å². The zero-order chi connectivity index (χ0) is 10.1. The van der Waals surface area contributed by atoms with Crippen LogP contribution in [0.15, 0.2) is 18.2 Å². The van der Waals surface area contributed by atoms with E-state index in [1.165, 1.54) is 0 Å². The largest absolute Gasteiger partial charge is 0.497 e. The summed E-state index contributed by atoms with van der Waals surface area (Å²) in [6.45, 7) is 1.82. The first kappa shape index (κ1) is 8.87. The van der Waals surface area contributed by atoms with Gasteiger partial charge < -0.3 is 15.4 Å². The molecule has 0 aliphatic carbocycles. The Morgan fingerprint density at radius 2 is 2.14 bits per heavy atom. The lowest BCUT2D eigenvalue weighted by atomic mass is 10.1. The summed E-state index contributed by atoms with van der Waals surface area (Å²) in [5.74, 6) is 0.714. The summed E-state index contributed by atoms with van der Waals surface area (Å²) < 4.78 is 5.06. The zero-order valence-corrected chi connectivity index (χ0v) is 8.13. The molecule has 1 aromatic rings. The number of ether oxygens (including phenoxy) is 1. The van der Waals surface area contributed by atoms with Crippen molar-refractivity contribution in [3.8, 4) is 5.75 Å². The van der Waals surface area contributed by atoms with Crippen LogP contribution in [0.2, 0.25) is 0 Å². The van der Waals surface area contributed by atoms with Gasteiger partial charge in [0.1, 0.15) is 11.8 Å². The van der Waals surface area contributed by atoms with E-state index in [9.17, 15) is 4.79 Å². The third kappa shape index (κ3) is 1.39. The maximum atomic E-state index is 11.3. The van der Waals surface area contributed by atoms with Crippen LogP contribution >= 0.6 is 0 Å². The smallest absolute Gasteiger partial charge is 0.246 e. The van der Waals surface area contributed by atoms with Gasteiger partial charge in [-0.2, -0.15) is 0 Å². The Balaban J connectivity index is 2.37. The molecule has 1 amide bonds. The fraction of sp³-hybridized carbons (Fsp3) is 0.300. The molecule has 0 saturated heterocycles. The zero-order valence-electron chi connectivity index (χ0n) is 8.13. The summed E-state index contributed by atoms with van der Waals surface area (Å²) in [6.07, 6.45) is 0. The van der Waals surface area contributed by atoms with Crippen molar-refractivity contribution < 1.29 is 9.53 Å². The van der Waals surface area contributed by atoms with Crippen LogP contribution in [0.25, 0.3) is 0 Å². The number of hydrogen-bond donors (Lipinski definition) is 2. The Kier molecular flexibility index (Phi) is 2.04. The van der Waals surface area contributed by atoms with Gasteiger partial charge in [-0.25, -0.2) is 0 Å². The van der Waals surface area contributed by atoms with Crippen LogP contribution in [-0.2, 0) is 4.79 Å². The molecule has 0 radical (unpaired) electrons. The van der Waals surface area contributed by atoms with E-state index in [2.05, 4.69) is 10.6 Å². The predicted molar refractivity (Wildman–Crippen MR) is 54.7 cm³/mol. The van der Waals surface area contributed by atoms with E-state index in [1.54, 1.807) is 13.2 Å². The van der Waals surface area contributed by atoms with Crippen molar-refractivity contribution >= 4 is 17.3 Å². The molecule has 0 unspecified atom stereocenters. The van der Waals surface area contributed by atoms with Gasteiger partial charge in [0.05, 0.1) is 18.5 Å². The maximum Gasteiger partial charge on any atom is 0.246 e. The molecule has 0 spiro atoms. The molecule has 1 aromatic carbocycles. The van der Waals surface area contributed by atoms with E-state index in [1.807, 2.05) is 19.1 Å². The normalized spacial score (nSPS) is 19.3. The van der Waals surface area contributed by atoms with Gasteiger partial charge in [0.25, 0.3) is 0 Å². The number of methoxy groups -OCH3 is 1. The molecule has 1 atom stereocenters. The summed E-state index contributed by atoms with van der Waals surface area (Å²) in [7, 11) is 1.60. The van der Waals surface area contributed by atoms with Crippen LogP contribution in [0.4, 0.5) is 11.4 Å². The van der Waals surface area contributed by atoms with Crippen molar-refractivity contribution in [2.75, 3.05) is 17.7 Å². The van der Waals surface area contributed by atoms with Crippen molar-refractivity contribution in [3.05, 3.63) is 18.2 Å². The van der Waals surface area contributed by atoms with Crippen LogP contribution in [0.1, 0.15) is 6.92 Å². The number of benzene rings is 1. The van der Waals surface area contributed by atoms with Gasteiger partial charge in [0.15, 0.2) is 0 Å². The second-order valence-electron chi connectivity index (χ2n) is 3.27. The highest BCUT2D eigenvalue weighted by atomic mass is 16.5. The van der Waals surface area contributed by atoms with Crippen LogP contribution < -0.4 is 15.4 Å². The van der Waals surface area contributed by atoms with Gasteiger partial charge in [-0.1, -0.05) is 0 Å². The predicted octanol–water partition coefficient (Wildman–Crippen LogP) is 1.45. The van der Waals surface area contributed by atoms with E-state index < -0.39 is 0 Å². The minimum absolute atomic E-state index is 0.0225. The molecular weight excluding hydrogens is 180 g/mol. The van der Waals surface area contributed by atoms with Gasteiger partial charge in [-0.15, -0.1) is 0 Å². The summed E-state index contributed by atoms with van der Waals surface area (Å²) in [6, 6.07) is 5.36. The quantitative estimate of drug-likeness (QED) is 0.708. The first-order valence-corrected chi connectivity index (χ1v) is 4.46. The van der Waals surface area contributed by atoms with Crippen LogP contribution in [0.3, 0.4) is 0 Å². The van der Waals surface area contributed by atoms with E-state index in [0.717, 1.165) is 17.1 Å². The van der Waals surface area contributed by atoms with Gasteiger partial charge in [0.2, 0.25) is 5.91 Å². The van der Waals surface area contributed by atoms with Gasteiger partial charge in [-0.3, -0.25) is 4.79 Å². The number of carbonyl (C=O) groups excluding carboxylic acids is 1. The molecule has 1 aliphatic rings. The van der Waals surface area contributed by atoms with Gasteiger partial charge in [-0.05, 0) is 19.1 Å². The third-order valence-electron chi connectivity index (χ3n) is 2.25. The lowest BCUT2D eigenvalue weighted by Crippen LogP contribution is -2.36. The summed E-state index contributed by atoms with van der Waals surface area (Å²) in [5, 5.41) is 5.90. The number of nitrogens with one attached hydrogen (secondary N) is 2. The Labute approximate surface area is 82.3 Å². The van der Waals surface area contributed by atoms with E-state index in [4.69, 9.17) is 4.74 Å². The molecule has 2 rings (SSSR count). The molecule has 0 bridgehead atoms. The number of carbonyl (C=O) groups is 1. The number of rotatable bonds is 1. The van der Waals surface area contributed by atoms with Gasteiger partial charge >= 0.3 is 0 Å². The van der Waals surface area contributed by atoms with E-state index in [-0.39, 0.29) is 11.9 Å². The van der Waals surface area contributed by atoms with Crippen LogP contribution in [0, 0.1) is 0 Å². The molecule has 14 heavy (non-hydrogen) atoms. The number of fused-ring (bicyclic) bond motifs is 1. The average molecular weight is 192 g/mol. The van der Waals surface area contributed by atoms with Crippen molar-refractivity contribution in [2.45, 2.75) is 13.0 Å². The van der Waals surface area contributed by atoms with Crippen molar-refractivity contribution in [2.24, 2.45) is 0 Å². The SMILES string of the molecule is COc1ccc2c(c1)NC(=O)[C@H](C)N2. The van der Waals surface area contributed by atoms with Crippen molar-refractivity contribution in [1.82, 2.24) is 0 Å². The Hall–Kier alpha value is -1.71. The number of amides is 1. The Morgan fingerprint density at radius 3 is 2.86 bits per heavy atom. The fourth-order valence-corrected chi connectivity index (χ4v) is 1.42. The molecule has 1 aliphatic heterocycles. The molecule has 74 valence electrons. The molecule has 2 N–H and O–H groups in total. The van der Waals surface area contributed by atoms with Crippen molar-refractivity contribution in [3.63, 3.8) is 0 Å². The highest BCUT2D eigenvalue weighted by Gasteiger charge is 2.21. The Bertz CT molecular complexity index is 376.